The molecule has 1 N–H and O–H groups in total. The van der Waals surface area contributed by atoms with Crippen molar-refractivity contribution in [1.29, 1.82) is 0 Å². The van der Waals surface area contributed by atoms with Gasteiger partial charge in [0.25, 0.3) is 0 Å². The minimum Gasteiger partial charge on any atom is -0.347 e. The summed E-state index contributed by atoms with van der Waals surface area (Å²) >= 11 is 0. The van der Waals surface area contributed by atoms with Crippen molar-refractivity contribution in [1.82, 2.24) is 15.1 Å². The molecule has 0 aromatic rings. The van der Waals surface area contributed by atoms with Gasteiger partial charge in [-0.25, -0.2) is 0 Å². The minimum absolute atomic E-state index is 0.275. The van der Waals surface area contributed by atoms with E-state index in [1.807, 2.05) is 0 Å². The number of hydrogen-bond donors (Lipinski definition) is 1. The Hall–Kier alpha value is -1.57. The summed E-state index contributed by atoms with van der Waals surface area (Å²) in [5, 5.41) is 2.60. The summed E-state index contributed by atoms with van der Waals surface area (Å²) in [5.41, 5.74) is 0. The Morgan fingerprint density at radius 1 is 1.26 bits per heavy atom. The Kier molecular flexibility index (Phi) is 7.13. The first-order valence-corrected chi connectivity index (χ1v) is 5.53. The van der Waals surface area contributed by atoms with Crippen LogP contribution in [0.5, 0.6) is 0 Å². The fraction of sp³-hybridized carbons (Fsp3) is 0.636. The van der Waals surface area contributed by atoms with Gasteiger partial charge in [0.2, 0.25) is 11.8 Å². The Labute approximate surface area is 110 Å². The van der Waals surface area contributed by atoms with E-state index in [0.717, 1.165) is 4.90 Å². The molecule has 0 aliphatic rings. The second-order valence-corrected chi connectivity index (χ2v) is 4.07. The van der Waals surface area contributed by atoms with Gasteiger partial charge in [-0.3, -0.25) is 9.59 Å². The number of nitrogens with one attached hydrogen (secondary N) is 1. The second-order valence-electron chi connectivity index (χ2n) is 4.07. The molecule has 0 aliphatic carbocycles. The summed E-state index contributed by atoms with van der Waals surface area (Å²) < 4.78 is 37.1. The number of nitrogens with zero attached hydrogens (tertiary/aromatic N) is 2. The number of hydrogen-bond acceptors (Lipinski definition) is 3. The van der Waals surface area contributed by atoms with E-state index < -0.39 is 31.1 Å². The Morgan fingerprint density at radius 3 is 2.26 bits per heavy atom. The first-order valence-electron chi connectivity index (χ1n) is 5.53. The van der Waals surface area contributed by atoms with Crippen molar-refractivity contribution in [3.63, 3.8) is 0 Å². The maximum absolute atomic E-state index is 12.4. The van der Waals surface area contributed by atoms with Crippen LogP contribution in [0.1, 0.15) is 0 Å². The van der Waals surface area contributed by atoms with Gasteiger partial charge in [-0.2, -0.15) is 13.2 Å². The molecule has 0 saturated heterocycles. The predicted molar refractivity (Wildman–Crippen MR) is 64.4 cm³/mol. The van der Waals surface area contributed by atoms with Crippen molar-refractivity contribution in [3.05, 3.63) is 12.7 Å². The van der Waals surface area contributed by atoms with Gasteiger partial charge in [0.1, 0.15) is 13.1 Å². The lowest BCUT2D eigenvalue weighted by Gasteiger charge is -2.25. The highest BCUT2D eigenvalue weighted by Crippen LogP contribution is 2.16. The van der Waals surface area contributed by atoms with E-state index in [9.17, 15) is 22.8 Å². The summed E-state index contributed by atoms with van der Waals surface area (Å²) in [6.45, 7) is 1.39. The molecule has 0 aliphatic heterocycles. The van der Waals surface area contributed by atoms with Crippen LogP contribution in [0.2, 0.25) is 0 Å². The molecule has 0 unspecified atom stereocenters. The lowest BCUT2D eigenvalue weighted by Crippen LogP contribution is -2.47. The van der Waals surface area contributed by atoms with E-state index in [2.05, 4.69) is 11.9 Å². The van der Waals surface area contributed by atoms with E-state index in [4.69, 9.17) is 0 Å². The van der Waals surface area contributed by atoms with Crippen LogP contribution >= 0.6 is 0 Å². The monoisotopic (exact) mass is 281 g/mol. The van der Waals surface area contributed by atoms with Crippen LogP contribution in [-0.2, 0) is 9.59 Å². The quantitative estimate of drug-likeness (QED) is 0.537. The van der Waals surface area contributed by atoms with Crippen molar-refractivity contribution in [3.8, 4) is 0 Å². The first kappa shape index (κ1) is 17.4. The summed E-state index contributed by atoms with van der Waals surface area (Å²) in [4.78, 5) is 24.6. The number of carbonyl (C=O) groups excluding carboxylic acids is 2. The van der Waals surface area contributed by atoms with Crippen molar-refractivity contribution in [2.24, 2.45) is 0 Å². The lowest BCUT2D eigenvalue weighted by molar-refractivity contribution is -0.163. The maximum atomic E-state index is 12.4. The average Bonchev–Trinajstić information content (AvgIpc) is 2.26. The van der Waals surface area contributed by atoms with E-state index in [1.54, 1.807) is 0 Å². The third-order valence-corrected chi connectivity index (χ3v) is 2.11. The molecule has 0 bridgehead atoms. The van der Waals surface area contributed by atoms with Crippen molar-refractivity contribution in [2.75, 3.05) is 40.3 Å². The molecule has 0 spiro atoms. The molecule has 0 fully saturated rings. The smallest absolute Gasteiger partial charge is 0.347 e. The van der Waals surface area contributed by atoms with Crippen molar-refractivity contribution in [2.45, 2.75) is 6.18 Å². The van der Waals surface area contributed by atoms with E-state index in [-0.39, 0.29) is 6.54 Å². The molecule has 0 aromatic heterocycles. The Bertz CT molecular complexity index is 330. The number of likely N-dealkylation sites (N-methyl/N-ethyl adjacent to an activating group) is 1. The molecular weight excluding hydrogens is 263 g/mol. The highest BCUT2D eigenvalue weighted by atomic mass is 19.4. The molecule has 0 saturated carbocycles. The predicted octanol–water partition coefficient (Wildman–Crippen LogP) is 0.241. The van der Waals surface area contributed by atoms with E-state index in [0.29, 0.717) is 11.4 Å². The van der Waals surface area contributed by atoms with Crippen molar-refractivity contribution >= 4 is 11.8 Å². The minimum atomic E-state index is -4.54. The molecule has 8 heteroatoms. The van der Waals surface area contributed by atoms with Crippen molar-refractivity contribution < 1.29 is 22.8 Å². The Balaban J connectivity index is 4.61. The molecule has 19 heavy (non-hydrogen) atoms. The third kappa shape index (κ3) is 8.20. The number of halogens is 3. The number of alkyl halides is 3. The normalized spacial score (nSPS) is 11.0. The van der Waals surface area contributed by atoms with Gasteiger partial charge in [-0.15, -0.1) is 6.58 Å². The zero-order valence-corrected chi connectivity index (χ0v) is 11.0. The highest BCUT2D eigenvalue weighted by Gasteiger charge is 2.33. The van der Waals surface area contributed by atoms with Crippen LogP contribution in [0.25, 0.3) is 0 Å². The third-order valence-electron chi connectivity index (χ3n) is 2.11. The van der Waals surface area contributed by atoms with Crippen LogP contribution in [0, 0.1) is 0 Å². The highest BCUT2D eigenvalue weighted by molar-refractivity contribution is 5.85. The zero-order chi connectivity index (χ0) is 15.1. The molecule has 2 amide bonds. The van der Waals surface area contributed by atoms with Gasteiger partial charge in [0.15, 0.2) is 0 Å². The second kappa shape index (κ2) is 7.78. The van der Waals surface area contributed by atoms with Gasteiger partial charge >= 0.3 is 6.18 Å². The molecule has 0 heterocycles. The summed E-state index contributed by atoms with van der Waals surface area (Å²) in [7, 11) is 2.82. The van der Waals surface area contributed by atoms with Crippen LogP contribution in [-0.4, -0.2) is 68.1 Å². The lowest BCUT2D eigenvalue weighted by atomic mass is 10.4. The topological polar surface area (TPSA) is 52.7 Å². The van der Waals surface area contributed by atoms with Gasteiger partial charge in [0.05, 0.1) is 6.54 Å². The standard InChI is InChI=1S/C11H18F3N3O2/c1-4-5-15-6-9(18)17(8-11(12,13)14)7-10(19)16(2)3/h4,15H,1,5-8H2,2-3H3. The maximum Gasteiger partial charge on any atom is 0.406 e. The van der Waals surface area contributed by atoms with E-state index >= 15 is 0 Å². The van der Waals surface area contributed by atoms with Crippen LogP contribution in [0.4, 0.5) is 13.2 Å². The van der Waals surface area contributed by atoms with Crippen LogP contribution in [0.15, 0.2) is 12.7 Å². The number of carbonyl (C=O) groups is 2. The fourth-order valence-electron chi connectivity index (χ4n) is 1.15. The van der Waals surface area contributed by atoms with E-state index in [1.165, 1.54) is 20.2 Å². The first-order chi connectivity index (χ1) is 8.67. The zero-order valence-electron chi connectivity index (χ0n) is 11.0. The van der Waals surface area contributed by atoms with Crippen LogP contribution in [0.3, 0.4) is 0 Å². The van der Waals surface area contributed by atoms with Gasteiger partial charge in [0, 0.05) is 20.6 Å². The average molecular weight is 281 g/mol. The molecule has 5 nitrogen and oxygen atoms in total. The Morgan fingerprint density at radius 2 is 1.84 bits per heavy atom. The molecule has 0 aromatic carbocycles. The number of amides is 2. The molecule has 110 valence electrons. The fourth-order valence-corrected chi connectivity index (χ4v) is 1.15. The van der Waals surface area contributed by atoms with Crippen LogP contribution < -0.4 is 5.32 Å². The SMILES string of the molecule is C=CCNCC(=O)N(CC(=O)N(C)C)CC(F)(F)F. The largest absolute Gasteiger partial charge is 0.406 e. The molecular formula is C11H18F3N3O2. The summed E-state index contributed by atoms with van der Waals surface area (Å²) in [6, 6.07) is 0. The molecule has 0 atom stereocenters. The summed E-state index contributed by atoms with van der Waals surface area (Å²) in [6.07, 6.45) is -3.06. The molecule has 0 radical (unpaired) electrons. The summed E-state index contributed by atoms with van der Waals surface area (Å²) in [5.74, 6) is -1.35. The number of rotatable bonds is 7. The van der Waals surface area contributed by atoms with Gasteiger partial charge in [-0.1, -0.05) is 6.08 Å². The van der Waals surface area contributed by atoms with Gasteiger partial charge < -0.3 is 15.1 Å². The van der Waals surface area contributed by atoms with Gasteiger partial charge in [-0.05, 0) is 0 Å². The molecule has 0 rings (SSSR count).